The summed E-state index contributed by atoms with van der Waals surface area (Å²) < 4.78 is 0. The van der Waals surface area contributed by atoms with Crippen molar-refractivity contribution in [3.05, 3.63) is 466 Å². The average molecular weight is 1360 g/mol. The van der Waals surface area contributed by atoms with Crippen LogP contribution in [0.1, 0.15) is 119 Å². The summed E-state index contributed by atoms with van der Waals surface area (Å²) in [6.45, 7) is 12.6. The fourth-order valence-corrected chi connectivity index (χ4v) is 17.8. The Morgan fingerprint density at radius 1 is 0.387 bits per heavy atom. The lowest BCUT2D eigenvalue weighted by Gasteiger charge is -2.39. The summed E-state index contributed by atoms with van der Waals surface area (Å²) in [7, 11) is 0. The number of aryl methyl sites for hydroxylation is 2. The highest BCUT2D eigenvalue weighted by Crippen LogP contribution is 2.58. The van der Waals surface area contributed by atoms with E-state index in [1.807, 2.05) is 12.2 Å². The molecule has 3 aliphatic carbocycles. The Labute approximate surface area is 624 Å². The van der Waals surface area contributed by atoms with Gasteiger partial charge < -0.3 is 9.80 Å². The molecule has 0 amide bonds. The summed E-state index contributed by atoms with van der Waals surface area (Å²) in [5.74, 6) is 0.242. The van der Waals surface area contributed by atoms with Gasteiger partial charge in [0.1, 0.15) is 0 Å². The highest BCUT2D eigenvalue weighted by atomic mass is 15.2. The summed E-state index contributed by atoms with van der Waals surface area (Å²) >= 11 is 0. The van der Waals surface area contributed by atoms with Gasteiger partial charge in [-0.05, 0) is 228 Å². The van der Waals surface area contributed by atoms with E-state index in [4.69, 9.17) is 0 Å². The molecule has 15 aromatic carbocycles. The van der Waals surface area contributed by atoms with Gasteiger partial charge in [0.05, 0.1) is 17.1 Å². The molecular formula is C104H82N2. The van der Waals surface area contributed by atoms with Crippen LogP contribution in [-0.2, 0) is 24.7 Å². The highest BCUT2D eigenvalue weighted by Gasteiger charge is 2.46. The van der Waals surface area contributed by atoms with Crippen LogP contribution in [0, 0.1) is 13.8 Å². The van der Waals surface area contributed by atoms with Crippen LogP contribution >= 0.6 is 0 Å². The van der Waals surface area contributed by atoms with Gasteiger partial charge in [0.25, 0.3) is 0 Å². The van der Waals surface area contributed by atoms with Gasteiger partial charge in [-0.2, -0.15) is 0 Å². The van der Waals surface area contributed by atoms with Crippen LogP contribution in [0.2, 0.25) is 0 Å². The Morgan fingerprint density at radius 3 is 1.63 bits per heavy atom. The summed E-state index contributed by atoms with van der Waals surface area (Å²) in [4.78, 5) is 5.19. The van der Waals surface area contributed by atoms with Gasteiger partial charge in [-0.3, -0.25) is 0 Å². The smallest absolute Gasteiger partial charge is 0.0632 e. The van der Waals surface area contributed by atoms with Crippen molar-refractivity contribution in [1.82, 2.24) is 0 Å². The molecule has 0 heterocycles. The predicted molar refractivity (Wildman–Crippen MR) is 447 cm³/mol. The molecule has 0 saturated heterocycles. The molecule has 0 spiro atoms. The summed E-state index contributed by atoms with van der Waals surface area (Å²) in [6, 6.07) is 133. The van der Waals surface area contributed by atoms with Gasteiger partial charge >= 0.3 is 0 Å². The molecule has 0 N–H and O–H groups in total. The van der Waals surface area contributed by atoms with E-state index in [1.165, 1.54) is 133 Å². The van der Waals surface area contributed by atoms with Crippen LogP contribution in [-0.4, -0.2) is 0 Å². The molecule has 0 fully saturated rings. The zero-order valence-corrected chi connectivity index (χ0v) is 60.1. The minimum atomic E-state index is -0.485. The van der Waals surface area contributed by atoms with Crippen LogP contribution in [0.4, 0.5) is 28.4 Å². The van der Waals surface area contributed by atoms with E-state index in [0.29, 0.717) is 0 Å². The zero-order valence-electron chi connectivity index (χ0n) is 60.1. The number of anilines is 5. The minimum absolute atomic E-state index is 0.0555. The van der Waals surface area contributed by atoms with E-state index in [-0.39, 0.29) is 17.9 Å². The van der Waals surface area contributed by atoms with Crippen LogP contribution in [0.3, 0.4) is 0 Å². The van der Waals surface area contributed by atoms with Gasteiger partial charge in [-0.1, -0.05) is 340 Å². The molecule has 3 aliphatic rings. The Kier molecular flexibility index (Phi) is 17.2. The first kappa shape index (κ1) is 65.4. The van der Waals surface area contributed by atoms with Crippen molar-refractivity contribution in [2.45, 2.75) is 62.8 Å². The van der Waals surface area contributed by atoms with E-state index in [2.05, 4.69) is 395 Å². The topological polar surface area (TPSA) is 6.48 Å². The van der Waals surface area contributed by atoms with E-state index < -0.39 is 5.41 Å². The third-order valence-electron chi connectivity index (χ3n) is 23.0. The van der Waals surface area contributed by atoms with Crippen LogP contribution < -0.4 is 9.80 Å². The van der Waals surface area contributed by atoms with E-state index >= 15 is 0 Å². The summed E-state index contributed by atoms with van der Waals surface area (Å²) in [5.41, 5.74) is 35.7. The van der Waals surface area contributed by atoms with Gasteiger partial charge in [0, 0.05) is 34.1 Å². The molecule has 0 bridgehead atoms. The summed E-state index contributed by atoms with van der Waals surface area (Å²) in [5, 5.41) is 2.38. The molecule has 15 aromatic rings. The third-order valence-corrected chi connectivity index (χ3v) is 23.0. The predicted octanol–water partition coefficient (Wildman–Crippen LogP) is 26.9. The monoisotopic (exact) mass is 1360 g/mol. The Bertz CT molecular complexity index is 5810. The van der Waals surface area contributed by atoms with Crippen molar-refractivity contribution in [1.29, 1.82) is 0 Å². The first-order valence-electron chi connectivity index (χ1n) is 37.5. The number of hydrogen-bond donors (Lipinski definition) is 0. The van der Waals surface area contributed by atoms with E-state index in [9.17, 15) is 0 Å². The number of hydrogen-bond acceptors (Lipinski definition) is 2. The Balaban J connectivity index is 0.774. The van der Waals surface area contributed by atoms with E-state index in [0.717, 1.165) is 65.2 Å². The second kappa shape index (κ2) is 27.9. The maximum atomic E-state index is 4.11. The molecule has 508 valence electrons. The van der Waals surface area contributed by atoms with E-state index in [1.54, 1.807) is 0 Å². The quantitative estimate of drug-likeness (QED) is 0.0796. The van der Waals surface area contributed by atoms with Crippen LogP contribution in [0.5, 0.6) is 0 Å². The van der Waals surface area contributed by atoms with Gasteiger partial charge in [-0.25, -0.2) is 0 Å². The Morgan fingerprint density at radius 2 is 0.915 bits per heavy atom. The highest BCUT2D eigenvalue weighted by molar-refractivity contribution is 6.07. The molecule has 2 heteroatoms. The van der Waals surface area contributed by atoms with Crippen molar-refractivity contribution in [2.75, 3.05) is 9.80 Å². The SMILES string of the molecule is C=Cc1ccc(CC(c2ccc(C)cc2)C2c3ccccc3-c3ccc(N(c4ccc(-c5ccccc5)cc4)c4ccc(C5=CCC(N(c6ccc(Cc7ccccc7)cc6)c6ccc7c(c6)C(Cc6ccc(C=C)cc6)(c6ccc(C)cc6)c6ccccc6-7)c6ccccc65)c5ccccc45)cc32)cc1. The van der Waals surface area contributed by atoms with Crippen molar-refractivity contribution in [3.8, 4) is 33.4 Å². The zero-order chi connectivity index (χ0) is 71.2. The number of benzene rings is 15. The molecule has 0 aromatic heterocycles. The largest absolute Gasteiger partial charge is 0.334 e. The standard InChI is InChI=1S/C104H82N2/c1-5-72-37-41-76(42-38-72)66-97(80-47-33-70(3)34-48-80)103-96-31-18-15-27-88(96)91-59-57-84(67-98(91)103)105(83-55-49-79(50-56-83)78-23-11-8-12-24-78)101-63-61-89(86-25-13-16-29-94(86)101)90-62-64-102(95-30-17-14-26-87(90)95)106(82-53-45-75(46-54-82)65-74-21-9-7-10-22-74)85-58-60-93-92-28-19-20-32-99(92)104(100(93)68-85,81-51-35-71(4)36-52-81)69-77-43-39-73(6-2)40-44-77/h5-63,67-68,97,102-103H,1-2,64-66,69H2,3-4H3. The van der Waals surface area contributed by atoms with Crippen LogP contribution in [0.15, 0.2) is 371 Å². The lowest BCUT2D eigenvalue weighted by molar-refractivity contribution is 0.610. The molecule has 106 heavy (non-hydrogen) atoms. The van der Waals surface area contributed by atoms with Gasteiger partial charge in [-0.15, -0.1) is 0 Å². The first-order valence-corrected chi connectivity index (χ1v) is 37.5. The lowest BCUT2D eigenvalue weighted by Crippen LogP contribution is -2.31. The fourth-order valence-electron chi connectivity index (χ4n) is 17.8. The fraction of sp³-hybridized carbons (Fsp3) is 0.0962. The molecule has 0 radical (unpaired) electrons. The maximum Gasteiger partial charge on any atom is 0.0632 e. The molecule has 18 rings (SSSR count). The normalized spacial score (nSPS) is 15.5. The maximum absolute atomic E-state index is 4.11. The van der Waals surface area contributed by atoms with Crippen molar-refractivity contribution < 1.29 is 0 Å². The molecular weight excluding hydrogens is 1280 g/mol. The van der Waals surface area contributed by atoms with Crippen LogP contribution in [0.25, 0.3) is 61.9 Å². The third kappa shape index (κ3) is 11.9. The number of nitrogens with zero attached hydrogens (tertiary/aromatic N) is 2. The molecule has 0 saturated carbocycles. The minimum Gasteiger partial charge on any atom is -0.334 e. The lowest BCUT2D eigenvalue weighted by atomic mass is 9.68. The molecule has 2 nitrogen and oxygen atoms in total. The molecule has 0 aliphatic heterocycles. The molecule has 4 unspecified atom stereocenters. The Hall–Kier alpha value is -12.6. The first-order chi connectivity index (χ1) is 52.2. The van der Waals surface area contributed by atoms with Crippen molar-refractivity contribution >= 4 is 56.9 Å². The number of rotatable bonds is 19. The number of fused-ring (bicyclic) bond motifs is 8. The van der Waals surface area contributed by atoms with Gasteiger partial charge in [0.2, 0.25) is 0 Å². The van der Waals surface area contributed by atoms with Gasteiger partial charge in [0.15, 0.2) is 0 Å². The molecule has 4 atom stereocenters. The second-order valence-electron chi connectivity index (χ2n) is 29.3. The van der Waals surface area contributed by atoms with Crippen molar-refractivity contribution in [3.63, 3.8) is 0 Å². The second-order valence-corrected chi connectivity index (χ2v) is 29.3. The average Bonchev–Trinajstić information content (AvgIpc) is 1.53. The van der Waals surface area contributed by atoms with Crippen molar-refractivity contribution in [2.24, 2.45) is 0 Å². The summed E-state index contributed by atoms with van der Waals surface area (Å²) in [6.07, 6.45) is 9.73.